The number of hydrogen-bond donors (Lipinski definition) is 2. The minimum absolute atomic E-state index is 0.0357. The number of carbonyl (C=O) groups is 1. The largest absolute Gasteiger partial charge is 0.356 e. The molecule has 1 aromatic rings. The molecule has 3 nitrogen and oxygen atoms in total. The summed E-state index contributed by atoms with van der Waals surface area (Å²) in [6.45, 7) is 7.37. The number of hydrogen-bond acceptors (Lipinski definition) is 2. The summed E-state index contributed by atoms with van der Waals surface area (Å²) in [4.78, 5) is 11.5. The second-order valence-corrected chi connectivity index (χ2v) is 5.18. The van der Waals surface area contributed by atoms with E-state index in [1.165, 1.54) is 12.1 Å². The van der Waals surface area contributed by atoms with Crippen LogP contribution in [0.15, 0.2) is 24.3 Å². The monoisotopic (exact) mass is 266 g/mol. The minimum Gasteiger partial charge on any atom is -0.356 e. The van der Waals surface area contributed by atoms with Crippen LogP contribution < -0.4 is 10.6 Å². The van der Waals surface area contributed by atoms with E-state index in [0.29, 0.717) is 25.4 Å². The van der Waals surface area contributed by atoms with Crippen molar-refractivity contribution in [1.29, 1.82) is 0 Å². The summed E-state index contributed by atoms with van der Waals surface area (Å²) in [7, 11) is 0. The maximum absolute atomic E-state index is 13.1. The Balaban J connectivity index is 2.27. The van der Waals surface area contributed by atoms with Gasteiger partial charge in [0.2, 0.25) is 5.91 Å². The molecule has 0 heterocycles. The normalized spacial score (nSPS) is 12.5. The standard InChI is InChI=1S/C15H23FN2O/c1-11(2)10-18-15(19)7-8-17-12(3)13-5-4-6-14(16)9-13/h4-6,9,11-12,17H,7-8,10H2,1-3H3,(H,18,19). The molecule has 0 fully saturated rings. The van der Waals surface area contributed by atoms with Gasteiger partial charge in [0.05, 0.1) is 0 Å². The molecule has 0 aliphatic rings. The van der Waals surface area contributed by atoms with Crippen LogP contribution in [0.1, 0.15) is 38.8 Å². The Morgan fingerprint density at radius 2 is 2.05 bits per heavy atom. The maximum Gasteiger partial charge on any atom is 0.221 e. The van der Waals surface area contributed by atoms with Gasteiger partial charge in [-0.25, -0.2) is 4.39 Å². The Hall–Kier alpha value is -1.42. The predicted octanol–water partition coefficient (Wildman–Crippen LogP) is 2.64. The van der Waals surface area contributed by atoms with Gasteiger partial charge in [-0.1, -0.05) is 26.0 Å². The van der Waals surface area contributed by atoms with Gasteiger partial charge in [-0.15, -0.1) is 0 Å². The lowest BCUT2D eigenvalue weighted by Gasteiger charge is -2.14. The average molecular weight is 266 g/mol. The molecule has 0 saturated carbocycles. The Morgan fingerprint density at radius 1 is 1.32 bits per heavy atom. The second-order valence-electron chi connectivity index (χ2n) is 5.18. The second kappa shape index (κ2) is 7.89. The molecular weight excluding hydrogens is 243 g/mol. The summed E-state index contributed by atoms with van der Waals surface area (Å²) in [5.41, 5.74) is 0.891. The molecule has 1 amide bonds. The van der Waals surface area contributed by atoms with Crippen molar-refractivity contribution in [2.24, 2.45) is 5.92 Å². The van der Waals surface area contributed by atoms with Crippen LogP contribution in [0, 0.1) is 11.7 Å². The minimum atomic E-state index is -0.235. The summed E-state index contributed by atoms with van der Waals surface area (Å²) in [6.07, 6.45) is 0.437. The Kier molecular flexibility index (Phi) is 6.50. The van der Waals surface area contributed by atoms with E-state index >= 15 is 0 Å². The third-order valence-electron chi connectivity index (χ3n) is 2.86. The van der Waals surface area contributed by atoms with Gasteiger partial charge in [-0.3, -0.25) is 4.79 Å². The third kappa shape index (κ3) is 6.34. The van der Waals surface area contributed by atoms with E-state index in [0.717, 1.165) is 5.56 Å². The quantitative estimate of drug-likeness (QED) is 0.796. The SMILES string of the molecule is CC(C)CNC(=O)CCNC(C)c1cccc(F)c1. The highest BCUT2D eigenvalue weighted by atomic mass is 19.1. The van der Waals surface area contributed by atoms with Gasteiger partial charge in [-0.05, 0) is 30.5 Å². The third-order valence-corrected chi connectivity index (χ3v) is 2.86. The van der Waals surface area contributed by atoms with Gasteiger partial charge in [0.25, 0.3) is 0 Å². The van der Waals surface area contributed by atoms with E-state index in [-0.39, 0.29) is 17.8 Å². The van der Waals surface area contributed by atoms with Gasteiger partial charge in [0, 0.05) is 25.6 Å². The molecule has 0 aliphatic heterocycles. The highest BCUT2D eigenvalue weighted by Gasteiger charge is 2.07. The number of amides is 1. The number of halogens is 1. The lowest BCUT2D eigenvalue weighted by molar-refractivity contribution is -0.121. The average Bonchev–Trinajstić information content (AvgIpc) is 2.36. The number of benzene rings is 1. The molecule has 0 bridgehead atoms. The Bertz CT molecular complexity index is 407. The maximum atomic E-state index is 13.1. The fourth-order valence-electron chi connectivity index (χ4n) is 1.70. The van der Waals surface area contributed by atoms with Crippen LogP contribution in [0.3, 0.4) is 0 Å². The first-order valence-corrected chi connectivity index (χ1v) is 6.74. The zero-order valence-electron chi connectivity index (χ0n) is 11.9. The summed E-state index contributed by atoms with van der Waals surface area (Å²) >= 11 is 0. The molecule has 0 aromatic heterocycles. The van der Waals surface area contributed by atoms with Crippen LogP contribution in [0.5, 0.6) is 0 Å². The fourth-order valence-corrected chi connectivity index (χ4v) is 1.70. The van der Waals surface area contributed by atoms with E-state index in [1.807, 2.05) is 13.0 Å². The molecule has 1 unspecified atom stereocenters. The van der Waals surface area contributed by atoms with Crippen molar-refractivity contribution >= 4 is 5.91 Å². The lowest BCUT2D eigenvalue weighted by Crippen LogP contribution is -2.31. The van der Waals surface area contributed by atoms with Crippen molar-refractivity contribution in [1.82, 2.24) is 10.6 Å². The van der Waals surface area contributed by atoms with Gasteiger partial charge in [-0.2, -0.15) is 0 Å². The molecule has 106 valence electrons. The first-order chi connectivity index (χ1) is 8.99. The van der Waals surface area contributed by atoms with E-state index in [4.69, 9.17) is 0 Å². The van der Waals surface area contributed by atoms with Crippen LogP contribution in [-0.2, 0) is 4.79 Å². The van der Waals surface area contributed by atoms with Crippen molar-refractivity contribution in [3.63, 3.8) is 0 Å². The fraction of sp³-hybridized carbons (Fsp3) is 0.533. The number of rotatable bonds is 7. The van der Waals surface area contributed by atoms with Gasteiger partial charge >= 0.3 is 0 Å². The van der Waals surface area contributed by atoms with E-state index in [2.05, 4.69) is 24.5 Å². The first-order valence-electron chi connectivity index (χ1n) is 6.74. The van der Waals surface area contributed by atoms with E-state index < -0.39 is 0 Å². The van der Waals surface area contributed by atoms with Gasteiger partial charge in [0.15, 0.2) is 0 Å². The lowest BCUT2D eigenvalue weighted by atomic mass is 10.1. The van der Waals surface area contributed by atoms with Gasteiger partial charge < -0.3 is 10.6 Å². The summed E-state index contributed by atoms with van der Waals surface area (Å²) in [5, 5.41) is 6.08. The molecular formula is C15H23FN2O. The molecule has 0 spiro atoms. The van der Waals surface area contributed by atoms with Crippen molar-refractivity contribution in [2.75, 3.05) is 13.1 Å². The zero-order chi connectivity index (χ0) is 14.3. The van der Waals surface area contributed by atoms with Crippen LogP contribution in [0.4, 0.5) is 4.39 Å². The highest BCUT2D eigenvalue weighted by molar-refractivity contribution is 5.76. The molecule has 19 heavy (non-hydrogen) atoms. The molecule has 0 radical (unpaired) electrons. The van der Waals surface area contributed by atoms with Crippen molar-refractivity contribution in [3.8, 4) is 0 Å². The highest BCUT2D eigenvalue weighted by Crippen LogP contribution is 2.13. The molecule has 4 heteroatoms. The van der Waals surface area contributed by atoms with Crippen LogP contribution >= 0.6 is 0 Å². The first kappa shape index (κ1) is 15.6. The molecule has 1 atom stereocenters. The van der Waals surface area contributed by atoms with Crippen molar-refractivity contribution < 1.29 is 9.18 Å². The summed E-state index contributed by atoms with van der Waals surface area (Å²) in [5.74, 6) is 0.275. The van der Waals surface area contributed by atoms with Crippen molar-refractivity contribution in [3.05, 3.63) is 35.6 Å². The molecule has 1 aromatic carbocycles. The molecule has 1 rings (SSSR count). The van der Waals surface area contributed by atoms with Gasteiger partial charge in [0.1, 0.15) is 5.82 Å². The predicted molar refractivity (Wildman–Crippen MR) is 75.3 cm³/mol. The van der Waals surface area contributed by atoms with E-state index in [9.17, 15) is 9.18 Å². The topological polar surface area (TPSA) is 41.1 Å². The van der Waals surface area contributed by atoms with Crippen molar-refractivity contribution in [2.45, 2.75) is 33.2 Å². The van der Waals surface area contributed by atoms with E-state index in [1.54, 1.807) is 6.07 Å². The molecule has 0 saturated heterocycles. The number of carbonyl (C=O) groups excluding carboxylic acids is 1. The summed E-state index contributed by atoms with van der Waals surface area (Å²) in [6, 6.07) is 6.54. The number of nitrogens with one attached hydrogen (secondary N) is 2. The molecule has 2 N–H and O–H groups in total. The molecule has 0 aliphatic carbocycles. The van der Waals surface area contributed by atoms with Crippen LogP contribution in [0.25, 0.3) is 0 Å². The zero-order valence-corrected chi connectivity index (χ0v) is 11.9. The van der Waals surface area contributed by atoms with Crippen LogP contribution in [-0.4, -0.2) is 19.0 Å². The Morgan fingerprint density at radius 3 is 2.68 bits per heavy atom. The van der Waals surface area contributed by atoms with Crippen LogP contribution in [0.2, 0.25) is 0 Å². The summed E-state index contributed by atoms with van der Waals surface area (Å²) < 4.78 is 13.1. The Labute approximate surface area is 114 Å². The smallest absolute Gasteiger partial charge is 0.221 e.